The maximum absolute atomic E-state index is 13.7. The zero-order valence-corrected chi connectivity index (χ0v) is 50.0. The summed E-state index contributed by atoms with van der Waals surface area (Å²) in [6.07, 6.45) is 39.0. The molecule has 1 aliphatic heterocycles. The number of halogens is 1. The Labute approximate surface area is 455 Å². The molecule has 2 rings (SSSR count). The summed E-state index contributed by atoms with van der Waals surface area (Å²) in [6.45, 7) is 11.4. The van der Waals surface area contributed by atoms with Gasteiger partial charge in [-0.1, -0.05) is 143 Å². The second-order valence-electron chi connectivity index (χ2n) is 21.2. The monoisotopic (exact) mass is 1140 g/mol. The van der Waals surface area contributed by atoms with Crippen LogP contribution in [0.4, 0.5) is 0 Å². The summed E-state index contributed by atoms with van der Waals surface area (Å²) in [4.78, 5) is 72.0. The molecule has 0 spiro atoms. The fraction of sp³-hybridized carbons (Fsp3) is 0.850. The van der Waals surface area contributed by atoms with E-state index in [1.807, 2.05) is 19.0 Å². The molecule has 0 aliphatic carbocycles. The molecule has 0 atom stereocenters. The topological polar surface area (TPSA) is 120 Å². The van der Waals surface area contributed by atoms with Crippen molar-refractivity contribution in [2.24, 2.45) is 5.92 Å². The molecule has 0 unspecified atom stereocenters. The molecule has 1 aliphatic rings. The Hall–Kier alpha value is -2.06. The van der Waals surface area contributed by atoms with E-state index in [4.69, 9.17) is 14.2 Å². The van der Waals surface area contributed by atoms with Crippen molar-refractivity contribution in [2.45, 2.75) is 284 Å². The van der Waals surface area contributed by atoms with Gasteiger partial charge in [0.05, 0.1) is 0 Å². The van der Waals surface area contributed by atoms with E-state index < -0.39 is 21.2 Å². The fourth-order valence-corrected chi connectivity index (χ4v) is 14.5. The second-order valence-corrected chi connectivity index (χ2v) is 25.8. The SMILES string of the molecule is CCCCCCCCC(CCCCCCCC)OC(=O)CCCCC(=O)N1CCc2c(sc([I-]C(=O)CCCCCOC(=O)C(CCCCCCCC)CCCCCCCC)c2C(=O)OCCCN(C)C)C1. The predicted molar refractivity (Wildman–Crippen MR) is 294 cm³/mol. The fourth-order valence-electron chi connectivity index (χ4n) is 9.68. The molecule has 72 heavy (non-hydrogen) atoms. The Balaban J connectivity index is 1.91. The first-order valence-electron chi connectivity index (χ1n) is 29.8. The van der Waals surface area contributed by atoms with Crippen LogP contribution in [-0.2, 0) is 46.4 Å². The number of fused-ring (bicyclic) bond motifs is 1. The van der Waals surface area contributed by atoms with E-state index in [1.165, 1.54) is 140 Å². The summed E-state index contributed by atoms with van der Waals surface area (Å²) in [5.74, 6) is -0.485. The van der Waals surface area contributed by atoms with Crippen LogP contribution in [0.25, 0.3) is 0 Å². The molecule has 0 radical (unpaired) electrons. The van der Waals surface area contributed by atoms with Crippen molar-refractivity contribution in [3.05, 3.63) is 18.9 Å². The molecular weight excluding hydrogens is 1040 g/mol. The first-order chi connectivity index (χ1) is 35.0. The number of unbranched alkanes of at least 4 members (excludes halogenated alkanes) is 23. The van der Waals surface area contributed by atoms with Crippen molar-refractivity contribution in [2.75, 3.05) is 40.4 Å². The van der Waals surface area contributed by atoms with Gasteiger partial charge in [0.15, 0.2) is 0 Å². The van der Waals surface area contributed by atoms with Gasteiger partial charge in [-0.25, -0.2) is 0 Å². The quantitative estimate of drug-likeness (QED) is 0.0207. The zero-order valence-electron chi connectivity index (χ0n) is 47.0. The van der Waals surface area contributed by atoms with Crippen molar-refractivity contribution >= 4 is 38.9 Å². The van der Waals surface area contributed by atoms with E-state index in [-0.39, 0.29) is 39.6 Å². The Kier molecular flexibility index (Phi) is 40.5. The molecule has 418 valence electrons. The van der Waals surface area contributed by atoms with E-state index in [1.54, 1.807) is 0 Å². The zero-order chi connectivity index (χ0) is 52.4. The van der Waals surface area contributed by atoms with Gasteiger partial charge in [0.25, 0.3) is 0 Å². The van der Waals surface area contributed by atoms with Crippen molar-refractivity contribution < 1.29 is 59.4 Å². The molecule has 0 bridgehead atoms. The molecule has 0 aromatic carbocycles. The van der Waals surface area contributed by atoms with Crippen LogP contribution in [0.5, 0.6) is 0 Å². The average Bonchev–Trinajstić information content (AvgIpc) is 3.72. The van der Waals surface area contributed by atoms with Crippen molar-refractivity contribution in [1.82, 2.24) is 9.80 Å². The molecule has 1 aromatic rings. The van der Waals surface area contributed by atoms with Crippen LogP contribution >= 0.6 is 11.3 Å². The number of hydrogen-bond acceptors (Lipinski definition) is 10. The summed E-state index contributed by atoms with van der Waals surface area (Å²) in [6, 6.07) is 0. The van der Waals surface area contributed by atoms with Crippen LogP contribution in [0.15, 0.2) is 0 Å². The van der Waals surface area contributed by atoms with Crippen LogP contribution in [0.2, 0.25) is 0 Å². The van der Waals surface area contributed by atoms with Gasteiger partial charge in [0, 0.05) is 0 Å². The van der Waals surface area contributed by atoms with Gasteiger partial charge in [0.2, 0.25) is 0 Å². The first kappa shape index (κ1) is 66.1. The molecule has 0 fully saturated rings. The summed E-state index contributed by atoms with van der Waals surface area (Å²) >= 11 is 0.418. The van der Waals surface area contributed by atoms with Gasteiger partial charge in [-0.05, 0) is 25.7 Å². The van der Waals surface area contributed by atoms with Crippen molar-refractivity contribution in [1.29, 1.82) is 0 Å². The van der Waals surface area contributed by atoms with E-state index in [0.717, 1.165) is 96.9 Å². The summed E-state index contributed by atoms with van der Waals surface area (Å²) in [7, 11) is 3.99. The number of rotatable bonds is 48. The molecule has 2 heterocycles. The standard InChI is InChI=1S/C60H106IN2O8S/c1-7-11-15-19-23-28-37-50(38-29-24-20-16-12-8-2)59(67)69-47-35-27-32-41-54(64)61-58-57(60(68)70-48-36-45-62(5)6)52-44-46-63(49-53(52)72-58)55(65)42-33-34-43-56(66)71-51(39-30-25-21-17-13-9-3)40-31-26-22-18-14-10-4/h50-51H,7-49H2,1-6H3/q-1. The third kappa shape index (κ3) is 31.7. The third-order valence-electron chi connectivity index (χ3n) is 14.2. The Morgan fingerprint density at radius 3 is 1.61 bits per heavy atom. The number of ether oxygens (including phenoxy) is 3. The number of hydrogen-bond donors (Lipinski definition) is 0. The molecule has 12 heteroatoms. The van der Waals surface area contributed by atoms with Gasteiger partial charge >= 0.3 is 283 Å². The molecule has 0 saturated heterocycles. The van der Waals surface area contributed by atoms with Crippen LogP contribution in [0.1, 0.15) is 286 Å². The number of amides is 1. The number of thiophene rings is 1. The van der Waals surface area contributed by atoms with Crippen molar-refractivity contribution in [3.8, 4) is 0 Å². The van der Waals surface area contributed by atoms with Crippen LogP contribution in [0, 0.1) is 8.80 Å². The van der Waals surface area contributed by atoms with Gasteiger partial charge < -0.3 is 0 Å². The predicted octanol–water partition coefficient (Wildman–Crippen LogP) is 12.7. The molecule has 0 N–H and O–H groups in total. The van der Waals surface area contributed by atoms with Crippen LogP contribution in [-0.4, -0.2) is 83.9 Å². The first-order valence-corrected chi connectivity index (χ1v) is 32.8. The van der Waals surface area contributed by atoms with Gasteiger partial charge in [-0.3, -0.25) is 0 Å². The minimum atomic E-state index is -1.10. The van der Waals surface area contributed by atoms with Crippen LogP contribution < -0.4 is 21.2 Å². The Morgan fingerprint density at radius 2 is 1.06 bits per heavy atom. The summed E-state index contributed by atoms with van der Waals surface area (Å²) in [5, 5.41) is 0. The Bertz CT molecular complexity index is 1550. The van der Waals surface area contributed by atoms with E-state index in [0.29, 0.717) is 70.4 Å². The normalized spacial score (nSPS) is 12.6. The van der Waals surface area contributed by atoms with E-state index in [9.17, 15) is 24.0 Å². The molecular formula is C60H106IN2O8S-. The second kappa shape index (κ2) is 44.1. The molecule has 0 saturated carbocycles. The molecule has 1 aromatic heterocycles. The minimum absolute atomic E-state index is 0.00675. The van der Waals surface area contributed by atoms with E-state index in [2.05, 4.69) is 32.6 Å². The van der Waals surface area contributed by atoms with Gasteiger partial charge in [-0.15, -0.1) is 0 Å². The number of nitrogens with zero attached hydrogens (tertiary/aromatic N) is 2. The summed E-state index contributed by atoms with van der Waals surface area (Å²) < 4.78 is 18.7. The molecule has 1 amide bonds. The number of carbonyl (C=O) groups excluding carboxylic acids is 5. The van der Waals surface area contributed by atoms with Crippen molar-refractivity contribution in [3.63, 3.8) is 0 Å². The maximum atomic E-state index is 13.7. The third-order valence-corrected chi connectivity index (χ3v) is 18.6. The average molecular weight is 1140 g/mol. The number of esters is 3. The summed E-state index contributed by atoms with van der Waals surface area (Å²) in [5.41, 5.74) is 1.51. The van der Waals surface area contributed by atoms with Gasteiger partial charge in [-0.2, -0.15) is 0 Å². The number of carbonyl (C=O) groups is 5. The van der Waals surface area contributed by atoms with E-state index >= 15 is 0 Å². The van der Waals surface area contributed by atoms with Crippen LogP contribution in [0.3, 0.4) is 0 Å². The Morgan fingerprint density at radius 1 is 0.569 bits per heavy atom. The van der Waals surface area contributed by atoms with Gasteiger partial charge in [0.1, 0.15) is 6.10 Å². The molecule has 10 nitrogen and oxygen atoms in total.